The predicted octanol–water partition coefficient (Wildman–Crippen LogP) is 3.11. The lowest BCUT2D eigenvalue weighted by Crippen LogP contribution is -2.24. The highest BCUT2D eigenvalue weighted by molar-refractivity contribution is 5.74. The Kier molecular flexibility index (Phi) is 3.42. The van der Waals surface area contributed by atoms with Gasteiger partial charge in [-0.05, 0) is 56.9 Å². The van der Waals surface area contributed by atoms with Crippen molar-refractivity contribution in [1.29, 1.82) is 0 Å². The second-order valence-electron chi connectivity index (χ2n) is 7.46. The van der Waals surface area contributed by atoms with E-state index in [0.29, 0.717) is 17.0 Å². The third-order valence-corrected chi connectivity index (χ3v) is 4.57. The zero-order valence-corrected chi connectivity index (χ0v) is 14.4. The van der Waals surface area contributed by atoms with E-state index in [1.54, 1.807) is 23.0 Å². The second kappa shape index (κ2) is 5.40. The normalized spacial score (nSPS) is 17.0. The average Bonchev–Trinajstić information content (AvgIpc) is 3.11. The van der Waals surface area contributed by atoms with Gasteiger partial charge in [0.05, 0.1) is 17.8 Å². The van der Waals surface area contributed by atoms with Gasteiger partial charge in [0.1, 0.15) is 11.2 Å². The highest BCUT2D eigenvalue weighted by Gasteiger charge is 2.24. The minimum absolute atomic E-state index is 0.00204. The van der Waals surface area contributed by atoms with Gasteiger partial charge in [-0.25, -0.2) is 9.07 Å². The molecule has 0 amide bonds. The number of benzene rings is 1. The first kappa shape index (κ1) is 15.8. The zero-order valence-electron chi connectivity index (χ0n) is 14.4. The van der Waals surface area contributed by atoms with Crippen molar-refractivity contribution < 1.29 is 4.39 Å². The smallest absolute Gasteiger partial charge is 0.263 e. The van der Waals surface area contributed by atoms with E-state index in [0.717, 1.165) is 24.0 Å². The largest absolute Gasteiger partial charge is 0.349 e. The maximum absolute atomic E-state index is 13.4. The molecule has 1 aliphatic carbocycles. The molecule has 0 saturated carbocycles. The summed E-state index contributed by atoms with van der Waals surface area (Å²) in [6, 6.07) is 4.84. The Bertz CT molecular complexity index is 1010. The summed E-state index contributed by atoms with van der Waals surface area (Å²) < 4.78 is 15.1. The van der Waals surface area contributed by atoms with Crippen LogP contribution in [0, 0.1) is 5.82 Å². The van der Waals surface area contributed by atoms with Crippen LogP contribution >= 0.6 is 0 Å². The van der Waals surface area contributed by atoms with Crippen molar-refractivity contribution in [3.63, 3.8) is 0 Å². The molecule has 6 nitrogen and oxygen atoms in total. The van der Waals surface area contributed by atoms with Gasteiger partial charge in [-0.3, -0.25) is 9.78 Å². The summed E-state index contributed by atoms with van der Waals surface area (Å²) in [6.07, 6.45) is 3.18. The second-order valence-corrected chi connectivity index (χ2v) is 7.46. The SMILES string of the molecule is CC(C)(C)n1ncc2c(=O)[nH]c(N[C@@H]3CCc4cc(F)ccc43)nc21. The summed E-state index contributed by atoms with van der Waals surface area (Å²) in [5, 5.41) is 8.07. The quantitative estimate of drug-likeness (QED) is 0.751. The van der Waals surface area contributed by atoms with Crippen LogP contribution in [0.5, 0.6) is 0 Å². The van der Waals surface area contributed by atoms with Crippen molar-refractivity contribution in [2.24, 2.45) is 0 Å². The van der Waals surface area contributed by atoms with Crippen LogP contribution < -0.4 is 10.9 Å². The van der Waals surface area contributed by atoms with Crippen molar-refractivity contribution in [3.05, 3.63) is 51.7 Å². The Labute approximate surface area is 144 Å². The number of anilines is 1. The number of H-pyrrole nitrogens is 1. The molecule has 0 spiro atoms. The number of rotatable bonds is 2. The maximum atomic E-state index is 13.4. The van der Waals surface area contributed by atoms with E-state index in [9.17, 15) is 9.18 Å². The van der Waals surface area contributed by atoms with Gasteiger partial charge in [0, 0.05) is 0 Å². The lowest BCUT2D eigenvalue weighted by atomic mass is 10.1. The van der Waals surface area contributed by atoms with Crippen molar-refractivity contribution in [2.75, 3.05) is 5.32 Å². The molecule has 2 N–H and O–H groups in total. The average molecular weight is 341 g/mol. The van der Waals surface area contributed by atoms with Gasteiger partial charge >= 0.3 is 0 Å². The predicted molar refractivity (Wildman–Crippen MR) is 94.2 cm³/mol. The van der Waals surface area contributed by atoms with Crippen LogP contribution in [0.15, 0.2) is 29.2 Å². The van der Waals surface area contributed by atoms with E-state index in [2.05, 4.69) is 20.4 Å². The molecule has 0 aliphatic heterocycles. The van der Waals surface area contributed by atoms with Gasteiger partial charge in [0.25, 0.3) is 5.56 Å². The molecule has 0 radical (unpaired) electrons. The molecule has 2 heterocycles. The van der Waals surface area contributed by atoms with E-state index in [4.69, 9.17) is 0 Å². The Balaban J connectivity index is 1.73. The first-order valence-electron chi connectivity index (χ1n) is 8.36. The van der Waals surface area contributed by atoms with Gasteiger partial charge < -0.3 is 5.32 Å². The van der Waals surface area contributed by atoms with Crippen molar-refractivity contribution in [2.45, 2.75) is 45.2 Å². The molecule has 0 fully saturated rings. The van der Waals surface area contributed by atoms with Gasteiger partial charge in [-0.2, -0.15) is 10.1 Å². The van der Waals surface area contributed by atoms with Gasteiger partial charge in [-0.1, -0.05) is 6.07 Å². The van der Waals surface area contributed by atoms with Crippen molar-refractivity contribution in [3.8, 4) is 0 Å². The molecule has 0 unspecified atom stereocenters. The lowest BCUT2D eigenvalue weighted by Gasteiger charge is -2.20. The fourth-order valence-corrected chi connectivity index (χ4v) is 3.38. The van der Waals surface area contributed by atoms with Crippen LogP contribution in [0.25, 0.3) is 11.0 Å². The summed E-state index contributed by atoms with van der Waals surface area (Å²) in [5.74, 6) is 0.187. The molecule has 7 heteroatoms. The molecule has 1 aromatic carbocycles. The van der Waals surface area contributed by atoms with E-state index in [1.165, 1.54) is 6.07 Å². The Morgan fingerprint density at radius 1 is 1.36 bits per heavy atom. The number of fused-ring (bicyclic) bond motifs is 2. The number of hydrogen-bond acceptors (Lipinski definition) is 4. The molecular formula is C18H20FN5O. The number of halogens is 1. The van der Waals surface area contributed by atoms with E-state index < -0.39 is 0 Å². The molecule has 130 valence electrons. The van der Waals surface area contributed by atoms with E-state index in [-0.39, 0.29) is 23.0 Å². The summed E-state index contributed by atoms with van der Waals surface area (Å²) in [5.41, 5.74) is 2.10. The van der Waals surface area contributed by atoms with Gasteiger partial charge in [0.15, 0.2) is 5.65 Å². The topological polar surface area (TPSA) is 75.6 Å². The summed E-state index contributed by atoms with van der Waals surface area (Å²) in [6.45, 7) is 6.03. The zero-order chi connectivity index (χ0) is 17.8. The third-order valence-electron chi connectivity index (χ3n) is 4.57. The number of hydrogen-bond donors (Lipinski definition) is 2. The third kappa shape index (κ3) is 2.69. The van der Waals surface area contributed by atoms with Crippen molar-refractivity contribution in [1.82, 2.24) is 19.7 Å². The molecule has 1 atom stereocenters. The summed E-state index contributed by atoms with van der Waals surface area (Å²) >= 11 is 0. The monoisotopic (exact) mass is 341 g/mol. The minimum Gasteiger partial charge on any atom is -0.349 e. The molecule has 25 heavy (non-hydrogen) atoms. The molecule has 2 aromatic heterocycles. The number of aromatic amines is 1. The number of aryl methyl sites for hydroxylation is 1. The Morgan fingerprint density at radius 3 is 2.92 bits per heavy atom. The Morgan fingerprint density at radius 2 is 2.16 bits per heavy atom. The molecule has 0 saturated heterocycles. The van der Waals surface area contributed by atoms with Crippen LogP contribution in [0.2, 0.25) is 0 Å². The van der Waals surface area contributed by atoms with E-state index in [1.807, 2.05) is 20.8 Å². The first-order valence-corrected chi connectivity index (χ1v) is 8.36. The summed E-state index contributed by atoms with van der Waals surface area (Å²) in [4.78, 5) is 19.7. The lowest BCUT2D eigenvalue weighted by molar-refractivity contribution is 0.366. The Hall–Kier alpha value is -2.70. The van der Waals surface area contributed by atoms with Crippen molar-refractivity contribution >= 4 is 17.0 Å². The molecule has 1 aliphatic rings. The minimum atomic E-state index is -0.280. The standard InChI is InChI=1S/C18H20FN5O/c1-18(2,3)24-15-13(9-20-24)16(25)23-17(22-15)21-14-7-4-10-8-11(19)5-6-12(10)14/h5-6,8-9,14H,4,7H2,1-3H3,(H2,21,22,23,25)/t14-/m1/s1. The number of aromatic nitrogens is 4. The molecule has 4 rings (SSSR count). The van der Waals surface area contributed by atoms with Crippen LogP contribution in [0.3, 0.4) is 0 Å². The highest BCUT2D eigenvalue weighted by atomic mass is 19.1. The van der Waals surface area contributed by atoms with Crippen LogP contribution in [0.1, 0.15) is 44.4 Å². The highest BCUT2D eigenvalue weighted by Crippen LogP contribution is 2.33. The van der Waals surface area contributed by atoms with Crippen LogP contribution in [-0.2, 0) is 12.0 Å². The number of nitrogens with one attached hydrogen (secondary N) is 2. The molecule has 0 bridgehead atoms. The molecule has 3 aromatic rings. The summed E-state index contributed by atoms with van der Waals surface area (Å²) in [7, 11) is 0. The fraction of sp³-hybridized carbons (Fsp3) is 0.389. The van der Waals surface area contributed by atoms with Crippen LogP contribution in [-0.4, -0.2) is 19.7 Å². The number of nitrogens with zero attached hydrogens (tertiary/aromatic N) is 3. The first-order chi connectivity index (χ1) is 11.8. The van der Waals surface area contributed by atoms with Gasteiger partial charge in [-0.15, -0.1) is 0 Å². The van der Waals surface area contributed by atoms with E-state index >= 15 is 0 Å². The molecular weight excluding hydrogens is 321 g/mol. The van der Waals surface area contributed by atoms with Gasteiger partial charge in [0.2, 0.25) is 5.95 Å². The maximum Gasteiger partial charge on any atom is 0.263 e. The fourth-order valence-electron chi connectivity index (χ4n) is 3.38. The van der Waals surface area contributed by atoms with Crippen LogP contribution in [0.4, 0.5) is 10.3 Å².